The van der Waals surface area contributed by atoms with Crippen LogP contribution in [0.25, 0.3) is 0 Å². The van der Waals surface area contributed by atoms with Crippen LogP contribution < -0.4 is 0 Å². The maximum Gasteiger partial charge on any atom is 0.0447 e. The van der Waals surface area contributed by atoms with E-state index in [1.54, 1.807) is 0 Å². The fourth-order valence-electron chi connectivity index (χ4n) is 1.66. The molecular formula is C14H18. The molecule has 0 aromatic heterocycles. The Morgan fingerprint density at radius 2 is 1.86 bits per heavy atom. The minimum Gasteiger partial charge on any atom is -0.119 e. The van der Waals surface area contributed by atoms with Crippen LogP contribution in [0.4, 0.5) is 0 Å². The van der Waals surface area contributed by atoms with Crippen LogP contribution in [0, 0.1) is 12.3 Å². The molecule has 0 radical (unpaired) electrons. The third-order valence-electron chi connectivity index (χ3n) is 2.53. The smallest absolute Gasteiger partial charge is 0.0447 e. The van der Waals surface area contributed by atoms with Gasteiger partial charge in [0.2, 0.25) is 0 Å². The molecule has 1 aromatic carbocycles. The Kier molecular flexibility index (Phi) is 4.26. The standard InChI is InChI=1S/C14H18/c1-4-7-12-8-10-14(11-9-12)13(5-2)6-3/h2,8-11,13H,4,6-7H2,1,3H3. The molecule has 1 unspecified atom stereocenters. The Morgan fingerprint density at radius 3 is 2.29 bits per heavy atom. The molecule has 0 aliphatic carbocycles. The van der Waals surface area contributed by atoms with E-state index in [-0.39, 0.29) is 5.92 Å². The molecule has 74 valence electrons. The van der Waals surface area contributed by atoms with E-state index in [1.165, 1.54) is 17.5 Å². The molecule has 0 bridgehead atoms. The summed E-state index contributed by atoms with van der Waals surface area (Å²) in [4.78, 5) is 0. The Labute approximate surface area is 87.4 Å². The summed E-state index contributed by atoms with van der Waals surface area (Å²) in [6.07, 6.45) is 8.84. The lowest BCUT2D eigenvalue weighted by atomic mass is 9.96. The van der Waals surface area contributed by atoms with Gasteiger partial charge < -0.3 is 0 Å². The molecule has 1 rings (SSSR count). The minimum atomic E-state index is 0.283. The first-order chi connectivity index (χ1) is 6.81. The average molecular weight is 186 g/mol. The molecule has 0 N–H and O–H groups in total. The van der Waals surface area contributed by atoms with Gasteiger partial charge in [0, 0.05) is 5.92 Å². The fraction of sp³-hybridized carbons (Fsp3) is 0.429. The van der Waals surface area contributed by atoms with Gasteiger partial charge in [-0.15, -0.1) is 6.42 Å². The zero-order chi connectivity index (χ0) is 10.4. The van der Waals surface area contributed by atoms with E-state index < -0.39 is 0 Å². The van der Waals surface area contributed by atoms with E-state index in [0.29, 0.717) is 0 Å². The van der Waals surface area contributed by atoms with Crippen LogP contribution in [0.3, 0.4) is 0 Å². The molecule has 0 fully saturated rings. The zero-order valence-corrected chi connectivity index (χ0v) is 9.09. The van der Waals surface area contributed by atoms with Crippen LogP contribution in [-0.4, -0.2) is 0 Å². The van der Waals surface area contributed by atoms with Gasteiger partial charge in [0.05, 0.1) is 0 Å². The first-order valence-electron chi connectivity index (χ1n) is 5.36. The first kappa shape index (κ1) is 10.9. The third kappa shape index (κ3) is 2.64. The van der Waals surface area contributed by atoms with E-state index in [0.717, 1.165) is 12.8 Å². The Morgan fingerprint density at radius 1 is 1.21 bits per heavy atom. The Balaban J connectivity index is 2.77. The maximum absolute atomic E-state index is 5.46. The molecular weight excluding hydrogens is 168 g/mol. The van der Waals surface area contributed by atoms with Gasteiger partial charge in [0.15, 0.2) is 0 Å². The lowest BCUT2D eigenvalue weighted by Gasteiger charge is -2.08. The fourth-order valence-corrected chi connectivity index (χ4v) is 1.66. The van der Waals surface area contributed by atoms with Gasteiger partial charge >= 0.3 is 0 Å². The van der Waals surface area contributed by atoms with Crippen molar-refractivity contribution in [1.82, 2.24) is 0 Å². The SMILES string of the molecule is C#CC(CC)c1ccc(CCC)cc1. The van der Waals surface area contributed by atoms with Crippen LogP contribution in [0.15, 0.2) is 24.3 Å². The molecule has 0 aliphatic rings. The number of hydrogen-bond donors (Lipinski definition) is 0. The second-order valence-electron chi connectivity index (χ2n) is 3.62. The normalized spacial score (nSPS) is 12.1. The van der Waals surface area contributed by atoms with Gasteiger partial charge in [0.1, 0.15) is 0 Å². The molecule has 14 heavy (non-hydrogen) atoms. The van der Waals surface area contributed by atoms with Gasteiger partial charge in [-0.2, -0.15) is 0 Å². The van der Waals surface area contributed by atoms with Gasteiger partial charge in [-0.1, -0.05) is 50.5 Å². The maximum atomic E-state index is 5.46. The van der Waals surface area contributed by atoms with E-state index in [2.05, 4.69) is 44.0 Å². The average Bonchev–Trinajstić information content (AvgIpc) is 2.23. The number of benzene rings is 1. The summed E-state index contributed by atoms with van der Waals surface area (Å²) in [5.41, 5.74) is 2.68. The van der Waals surface area contributed by atoms with Crippen molar-refractivity contribution >= 4 is 0 Å². The van der Waals surface area contributed by atoms with Crippen molar-refractivity contribution in [1.29, 1.82) is 0 Å². The van der Waals surface area contributed by atoms with Gasteiger partial charge in [0.25, 0.3) is 0 Å². The van der Waals surface area contributed by atoms with Gasteiger partial charge in [-0.25, -0.2) is 0 Å². The van der Waals surface area contributed by atoms with Crippen molar-refractivity contribution in [2.45, 2.75) is 39.0 Å². The molecule has 0 spiro atoms. The molecule has 1 aromatic rings. The topological polar surface area (TPSA) is 0 Å². The van der Waals surface area contributed by atoms with Gasteiger partial charge in [-0.05, 0) is 24.0 Å². The highest BCUT2D eigenvalue weighted by molar-refractivity contribution is 5.29. The lowest BCUT2D eigenvalue weighted by Crippen LogP contribution is -1.93. The van der Waals surface area contributed by atoms with Crippen molar-refractivity contribution in [3.05, 3.63) is 35.4 Å². The largest absolute Gasteiger partial charge is 0.119 e. The lowest BCUT2D eigenvalue weighted by molar-refractivity contribution is 0.828. The summed E-state index contributed by atoms with van der Waals surface area (Å²) in [7, 11) is 0. The predicted octanol–water partition coefficient (Wildman–Crippen LogP) is 3.77. The molecule has 0 aliphatic heterocycles. The van der Waals surface area contributed by atoms with E-state index in [4.69, 9.17) is 6.42 Å². The van der Waals surface area contributed by atoms with Crippen molar-refractivity contribution in [3.8, 4) is 12.3 Å². The predicted molar refractivity (Wildman–Crippen MR) is 62.3 cm³/mol. The molecule has 0 nitrogen and oxygen atoms in total. The van der Waals surface area contributed by atoms with E-state index >= 15 is 0 Å². The van der Waals surface area contributed by atoms with Crippen molar-refractivity contribution < 1.29 is 0 Å². The Bertz CT molecular complexity index is 300. The zero-order valence-electron chi connectivity index (χ0n) is 9.09. The molecule has 0 saturated carbocycles. The summed E-state index contributed by atoms with van der Waals surface area (Å²) < 4.78 is 0. The summed E-state index contributed by atoms with van der Waals surface area (Å²) in [6, 6.07) is 8.72. The molecule has 0 heteroatoms. The highest BCUT2D eigenvalue weighted by atomic mass is 14.1. The quantitative estimate of drug-likeness (QED) is 0.628. The van der Waals surface area contributed by atoms with Crippen LogP contribution in [0.2, 0.25) is 0 Å². The second-order valence-corrected chi connectivity index (χ2v) is 3.62. The van der Waals surface area contributed by atoms with E-state index in [9.17, 15) is 0 Å². The van der Waals surface area contributed by atoms with Crippen LogP contribution in [0.5, 0.6) is 0 Å². The van der Waals surface area contributed by atoms with Crippen molar-refractivity contribution in [2.75, 3.05) is 0 Å². The summed E-state index contributed by atoms with van der Waals surface area (Å²) in [6.45, 7) is 4.33. The van der Waals surface area contributed by atoms with Crippen LogP contribution >= 0.6 is 0 Å². The number of rotatable bonds is 4. The van der Waals surface area contributed by atoms with Crippen LogP contribution in [0.1, 0.15) is 43.7 Å². The molecule has 0 saturated heterocycles. The van der Waals surface area contributed by atoms with Gasteiger partial charge in [-0.3, -0.25) is 0 Å². The summed E-state index contributed by atoms with van der Waals surface area (Å²) in [5.74, 6) is 3.10. The minimum absolute atomic E-state index is 0.283. The summed E-state index contributed by atoms with van der Waals surface area (Å²) in [5, 5.41) is 0. The number of hydrogen-bond acceptors (Lipinski definition) is 0. The van der Waals surface area contributed by atoms with Crippen molar-refractivity contribution in [2.24, 2.45) is 0 Å². The monoisotopic (exact) mass is 186 g/mol. The summed E-state index contributed by atoms with van der Waals surface area (Å²) >= 11 is 0. The highest BCUT2D eigenvalue weighted by Crippen LogP contribution is 2.19. The molecule has 0 amide bonds. The molecule has 1 atom stereocenters. The molecule has 0 heterocycles. The third-order valence-corrected chi connectivity index (χ3v) is 2.53. The Hall–Kier alpha value is -1.22. The highest BCUT2D eigenvalue weighted by Gasteiger charge is 2.04. The second kappa shape index (κ2) is 5.50. The number of terminal acetylenes is 1. The number of aryl methyl sites for hydroxylation is 1. The first-order valence-corrected chi connectivity index (χ1v) is 5.36. The van der Waals surface area contributed by atoms with Crippen molar-refractivity contribution in [3.63, 3.8) is 0 Å². The van der Waals surface area contributed by atoms with Crippen LogP contribution in [-0.2, 0) is 6.42 Å². The van der Waals surface area contributed by atoms with E-state index in [1.807, 2.05) is 0 Å².